The molecule has 0 amide bonds. The zero-order valence-corrected chi connectivity index (χ0v) is 26.4. The first-order valence-electron chi connectivity index (χ1n) is 16.3. The Hall–Kier alpha value is -6.94. The Labute approximate surface area is 284 Å². The minimum Gasteiger partial charge on any atom is -0.309 e. The lowest BCUT2D eigenvalue weighted by Crippen LogP contribution is -1.94. The van der Waals surface area contributed by atoms with Gasteiger partial charge >= 0.3 is 0 Å². The van der Waals surface area contributed by atoms with Gasteiger partial charge in [-0.1, -0.05) is 127 Å². The summed E-state index contributed by atoms with van der Waals surface area (Å²) in [6, 6.07) is 59.0. The number of fused-ring (bicyclic) bond motifs is 5. The van der Waals surface area contributed by atoms with Crippen molar-refractivity contribution in [1.29, 1.82) is 5.26 Å². The molecular weight excluding hydrogens is 595 g/mol. The number of hydrogen-bond donors (Lipinski definition) is 0. The topological polar surface area (TPSA) is 33.1 Å². The number of nitrogens with zero attached hydrogens (tertiary/aromatic N) is 3. The van der Waals surface area contributed by atoms with E-state index in [1.807, 2.05) is 30.3 Å². The van der Waals surface area contributed by atoms with Crippen LogP contribution in [0.5, 0.6) is 0 Å². The predicted octanol–water partition coefficient (Wildman–Crippen LogP) is 12.5. The van der Waals surface area contributed by atoms with Crippen LogP contribution in [0.15, 0.2) is 164 Å². The fourth-order valence-corrected chi connectivity index (χ4v) is 7.47. The molecule has 0 spiro atoms. The standard InChI is InChI=1S/C46H27N3/c1-48-42-25-22-33(31-20-23-34(24-21-31)49-43-18-10-9-13-35(43)40-27-30(29-47)19-26-44(40)49)28-41(42)46-38-16-7-5-14-36(38)45(32-11-3-2-4-12-32)37-15-6-8-17-39(37)46/h2-28H. The molecule has 8 aromatic carbocycles. The van der Waals surface area contributed by atoms with E-state index in [0.29, 0.717) is 11.3 Å². The molecule has 0 fully saturated rings. The second kappa shape index (κ2) is 11.4. The minimum atomic E-state index is 0.630. The Balaban J connectivity index is 1.22. The number of nitriles is 1. The second-order valence-electron chi connectivity index (χ2n) is 12.3. The van der Waals surface area contributed by atoms with Crippen molar-refractivity contribution in [2.75, 3.05) is 0 Å². The maximum atomic E-state index is 9.55. The fraction of sp³-hybridized carbons (Fsp3) is 0. The van der Waals surface area contributed by atoms with E-state index in [1.165, 1.54) is 21.9 Å². The van der Waals surface area contributed by atoms with Crippen LogP contribution in [0.3, 0.4) is 0 Å². The summed E-state index contributed by atoms with van der Waals surface area (Å²) in [7, 11) is 0. The lowest BCUT2D eigenvalue weighted by Gasteiger charge is -2.19. The average Bonchev–Trinajstić information content (AvgIpc) is 3.50. The molecule has 0 saturated heterocycles. The van der Waals surface area contributed by atoms with E-state index in [0.717, 1.165) is 60.5 Å². The monoisotopic (exact) mass is 621 g/mol. The molecule has 0 bridgehead atoms. The second-order valence-corrected chi connectivity index (χ2v) is 12.3. The first-order valence-corrected chi connectivity index (χ1v) is 16.3. The van der Waals surface area contributed by atoms with Crippen molar-refractivity contribution >= 4 is 49.0 Å². The molecule has 0 aliphatic carbocycles. The summed E-state index contributed by atoms with van der Waals surface area (Å²) >= 11 is 0. The molecule has 9 aromatic rings. The summed E-state index contributed by atoms with van der Waals surface area (Å²) in [5.74, 6) is 0. The number of rotatable bonds is 4. The van der Waals surface area contributed by atoms with Crippen molar-refractivity contribution in [1.82, 2.24) is 4.57 Å². The van der Waals surface area contributed by atoms with Crippen LogP contribution in [0, 0.1) is 17.9 Å². The van der Waals surface area contributed by atoms with E-state index in [4.69, 9.17) is 6.57 Å². The van der Waals surface area contributed by atoms with Crippen molar-refractivity contribution in [3.05, 3.63) is 181 Å². The van der Waals surface area contributed by atoms with E-state index >= 15 is 0 Å². The van der Waals surface area contributed by atoms with Gasteiger partial charge in [-0.15, -0.1) is 0 Å². The van der Waals surface area contributed by atoms with Gasteiger partial charge in [-0.2, -0.15) is 5.26 Å². The van der Waals surface area contributed by atoms with Crippen LogP contribution in [-0.2, 0) is 0 Å². The largest absolute Gasteiger partial charge is 0.309 e. The van der Waals surface area contributed by atoms with Crippen molar-refractivity contribution in [3.8, 4) is 45.1 Å². The Morgan fingerprint density at radius 1 is 0.469 bits per heavy atom. The summed E-state index contributed by atoms with van der Waals surface area (Å²) in [4.78, 5) is 4.02. The summed E-state index contributed by atoms with van der Waals surface area (Å²) < 4.78 is 2.26. The molecule has 0 atom stereocenters. The molecule has 1 aromatic heterocycles. The highest BCUT2D eigenvalue weighted by atomic mass is 15.0. The van der Waals surface area contributed by atoms with Gasteiger partial charge < -0.3 is 4.57 Å². The Bertz CT molecular complexity index is 2770. The van der Waals surface area contributed by atoms with Gasteiger partial charge in [0.15, 0.2) is 5.69 Å². The van der Waals surface area contributed by atoms with E-state index in [2.05, 4.69) is 149 Å². The molecule has 0 aliphatic rings. The van der Waals surface area contributed by atoms with Gasteiger partial charge in [0.2, 0.25) is 0 Å². The maximum absolute atomic E-state index is 9.55. The van der Waals surface area contributed by atoms with Gasteiger partial charge in [0.1, 0.15) is 0 Å². The first-order chi connectivity index (χ1) is 24.2. The summed E-state index contributed by atoms with van der Waals surface area (Å²) in [6.07, 6.45) is 0. The normalized spacial score (nSPS) is 11.2. The van der Waals surface area contributed by atoms with Gasteiger partial charge in [-0.3, -0.25) is 0 Å². The molecule has 3 nitrogen and oxygen atoms in total. The summed E-state index contributed by atoms with van der Waals surface area (Å²) in [5, 5.41) is 16.3. The number of aromatic nitrogens is 1. The fourth-order valence-electron chi connectivity index (χ4n) is 7.47. The quantitative estimate of drug-likeness (QED) is 0.142. The molecule has 226 valence electrons. The van der Waals surface area contributed by atoms with E-state index in [-0.39, 0.29) is 0 Å². The molecule has 1 heterocycles. The molecule has 0 N–H and O–H groups in total. The molecule has 49 heavy (non-hydrogen) atoms. The van der Waals surface area contributed by atoms with E-state index < -0.39 is 0 Å². The predicted molar refractivity (Wildman–Crippen MR) is 203 cm³/mol. The van der Waals surface area contributed by atoms with Crippen molar-refractivity contribution in [2.45, 2.75) is 0 Å². The van der Waals surface area contributed by atoms with Crippen LogP contribution < -0.4 is 0 Å². The molecule has 3 heteroatoms. The number of para-hydroxylation sites is 1. The third-order valence-corrected chi connectivity index (χ3v) is 9.64. The molecular formula is C46H27N3. The van der Waals surface area contributed by atoms with Crippen molar-refractivity contribution in [2.24, 2.45) is 0 Å². The zero-order chi connectivity index (χ0) is 32.9. The van der Waals surface area contributed by atoms with Crippen LogP contribution in [0.1, 0.15) is 5.56 Å². The minimum absolute atomic E-state index is 0.630. The zero-order valence-electron chi connectivity index (χ0n) is 26.4. The van der Waals surface area contributed by atoms with Gasteiger partial charge in [0.05, 0.1) is 29.2 Å². The molecule has 0 radical (unpaired) electrons. The van der Waals surface area contributed by atoms with E-state index in [1.54, 1.807) is 0 Å². The van der Waals surface area contributed by atoms with E-state index in [9.17, 15) is 5.26 Å². The Morgan fingerprint density at radius 2 is 1.04 bits per heavy atom. The summed E-state index contributed by atoms with van der Waals surface area (Å²) in [6.45, 7) is 8.17. The average molecular weight is 622 g/mol. The van der Waals surface area contributed by atoms with Crippen molar-refractivity contribution in [3.63, 3.8) is 0 Å². The van der Waals surface area contributed by atoms with Gasteiger partial charge in [-0.25, -0.2) is 4.85 Å². The van der Waals surface area contributed by atoms with Crippen molar-refractivity contribution < 1.29 is 0 Å². The highest BCUT2D eigenvalue weighted by Crippen LogP contribution is 2.47. The highest BCUT2D eigenvalue weighted by Gasteiger charge is 2.19. The molecule has 9 rings (SSSR count). The lowest BCUT2D eigenvalue weighted by atomic mass is 9.85. The van der Waals surface area contributed by atoms with Crippen LogP contribution >= 0.6 is 0 Å². The molecule has 0 unspecified atom stereocenters. The van der Waals surface area contributed by atoms with Gasteiger partial charge in [0, 0.05) is 16.5 Å². The molecule has 0 aliphatic heterocycles. The Kier molecular flexibility index (Phi) is 6.58. The number of hydrogen-bond acceptors (Lipinski definition) is 1. The highest BCUT2D eigenvalue weighted by molar-refractivity contribution is 6.22. The SMILES string of the molecule is [C-]#[N+]c1ccc(-c2ccc(-n3c4ccccc4c4cc(C#N)ccc43)cc2)cc1-c1c2ccccc2c(-c2ccccc2)c2ccccc12. The van der Waals surface area contributed by atoms with Crippen LogP contribution in [0.2, 0.25) is 0 Å². The van der Waals surface area contributed by atoms with Crippen LogP contribution in [0.25, 0.3) is 87.3 Å². The lowest BCUT2D eigenvalue weighted by molar-refractivity contribution is 1.18. The van der Waals surface area contributed by atoms with Gasteiger partial charge in [0.25, 0.3) is 0 Å². The molecule has 0 saturated carbocycles. The first kappa shape index (κ1) is 28.3. The maximum Gasteiger partial charge on any atom is 0.194 e. The van der Waals surface area contributed by atoms with Crippen LogP contribution in [-0.4, -0.2) is 4.57 Å². The third kappa shape index (κ3) is 4.49. The van der Waals surface area contributed by atoms with Gasteiger partial charge in [-0.05, 0) is 91.3 Å². The Morgan fingerprint density at radius 3 is 1.69 bits per heavy atom. The third-order valence-electron chi connectivity index (χ3n) is 9.64. The smallest absolute Gasteiger partial charge is 0.194 e. The number of benzene rings is 8. The summed E-state index contributed by atoms with van der Waals surface area (Å²) in [5.41, 5.74) is 11.0. The van der Waals surface area contributed by atoms with Crippen LogP contribution in [0.4, 0.5) is 5.69 Å².